The van der Waals surface area contributed by atoms with Gasteiger partial charge in [-0.3, -0.25) is 9.59 Å². The number of benzene rings is 1. The van der Waals surface area contributed by atoms with Crippen LogP contribution in [-0.4, -0.2) is 16.9 Å². The van der Waals surface area contributed by atoms with Crippen LogP contribution in [0.2, 0.25) is 0 Å². The Morgan fingerprint density at radius 2 is 2.00 bits per heavy atom. The normalized spacial score (nSPS) is 12.2. The van der Waals surface area contributed by atoms with Crippen LogP contribution >= 0.6 is 0 Å². The summed E-state index contributed by atoms with van der Waals surface area (Å²) in [6, 6.07) is 4.04. The second-order valence-electron chi connectivity index (χ2n) is 4.29. The highest BCUT2D eigenvalue weighted by molar-refractivity contribution is 5.97. The maximum Gasteiger partial charge on any atom is 0.303 e. The van der Waals surface area contributed by atoms with E-state index in [2.05, 4.69) is 0 Å². The van der Waals surface area contributed by atoms with Crippen molar-refractivity contribution < 1.29 is 19.1 Å². The molecule has 3 nitrogen and oxygen atoms in total. The van der Waals surface area contributed by atoms with Gasteiger partial charge in [0.15, 0.2) is 5.78 Å². The highest BCUT2D eigenvalue weighted by Gasteiger charge is 2.16. The quantitative estimate of drug-likeness (QED) is 0.802. The van der Waals surface area contributed by atoms with Crippen LogP contribution in [0.3, 0.4) is 0 Å². The van der Waals surface area contributed by atoms with Crippen molar-refractivity contribution in [2.24, 2.45) is 5.92 Å². The minimum atomic E-state index is -0.929. The summed E-state index contributed by atoms with van der Waals surface area (Å²) < 4.78 is 13.0. The van der Waals surface area contributed by atoms with Gasteiger partial charge in [0.25, 0.3) is 0 Å². The third-order valence-electron chi connectivity index (χ3n) is 2.56. The molecule has 1 N–H and O–H groups in total. The molecule has 0 fully saturated rings. The molecule has 0 spiro atoms. The Kier molecular flexibility index (Phi) is 4.37. The Morgan fingerprint density at radius 3 is 2.59 bits per heavy atom. The minimum absolute atomic E-state index is 0.0555. The van der Waals surface area contributed by atoms with E-state index in [4.69, 9.17) is 5.11 Å². The monoisotopic (exact) mass is 238 g/mol. The number of Topliss-reactive ketones (excluding diaryl/α,β-unsaturated/α-hetero) is 1. The van der Waals surface area contributed by atoms with Gasteiger partial charge >= 0.3 is 5.97 Å². The van der Waals surface area contributed by atoms with Crippen LogP contribution in [0.25, 0.3) is 0 Å². The molecule has 0 aromatic heterocycles. The van der Waals surface area contributed by atoms with E-state index < -0.39 is 11.8 Å². The van der Waals surface area contributed by atoms with E-state index in [1.165, 1.54) is 12.1 Å². The highest BCUT2D eigenvalue weighted by atomic mass is 19.1. The molecule has 1 aromatic carbocycles. The van der Waals surface area contributed by atoms with E-state index in [0.29, 0.717) is 11.1 Å². The number of ketones is 1. The van der Waals surface area contributed by atoms with Crippen molar-refractivity contribution in [3.05, 3.63) is 35.1 Å². The van der Waals surface area contributed by atoms with Crippen molar-refractivity contribution in [3.8, 4) is 0 Å². The number of hydrogen-bond donors (Lipinski definition) is 1. The zero-order chi connectivity index (χ0) is 13.0. The molecular formula is C13H15FO3. The molecule has 1 aromatic rings. The van der Waals surface area contributed by atoms with Crippen LogP contribution in [0.1, 0.15) is 35.7 Å². The molecule has 0 bridgehead atoms. The maximum absolute atomic E-state index is 13.0. The fourth-order valence-corrected chi connectivity index (χ4v) is 1.69. The van der Waals surface area contributed by atoms with E-state index in [1.807, 2.05) is 0 Å². The minimum Gasteiger partial charge on any atom is -0.481 e. The molecule has 0 saturated carbocycles. The highest BCUT2D eigenvalue weighted by Crippen LogP contribution is 2.17. The number of carboxylic acid groups (broad SMARTS) is 1. The van der Waals surface area contributed by atoms with E-state index in [-0.39, 0.29) is 24.5 Å². The molecule has 0 saturated heterocycles. The molecule has 0 aliphatic rings. The van der Waals surface area contributed by atoms with Gasteiger partial charge in [-0.15, -0.1) is 0 Å². The maximum atomic E-state index is 13.0. The second kappa shape index (κ2) is 5.57. The zero-order valence-corrected chi connectivity index (χ0v) is 9.87. The third kappa shape index (κ3) is 3.98. The Bertz CT molecular complexity index is 440. The molecule has 0 radical (unpaired) electrons. The smallest absolute Gasteiger partial charge is 0.303 e. The largest absolute Gasteiger partial charge is 0.481 e. The van der Waals surface area contributed by atoms with Crippen molar-refractivity contribution in [1.82, 2.24) is 0 Å². The molecule has 0 amide bonds. The topological polar surface area (TPSA) is 54.4 Å². The number of hydrogen-bond acceptors (Lipinski definition) is 2. The van der Waals surface area contributed by atoms with Gasteiger partial charge in [-0.25, -0.2) is 4.39 Å². The van der Waals surface area contributed by atoms with Crippen molar-refractivity contribution in [3.63, 3.8) is 0 Å². The van der Waals surface area contributed by atoms with E-state index in [0.717, 1.165) is 0 Å². The van der Waals surface area contributed by atoms with Gasteiger partial charge < -0.3 is 5.11 Å². The van der Waals surface area contributed by atoms with Crippen molar-refractivity contribution in [2.45, 2.75) is 26.7 Å². The van der Waals surface area contributed by atoms with Crippen LogP contribution < -0.4 is 0 Å². The van der Waals surface area contributed by atoms with Gasteiger partial charge in [0.2, 0.25) is 0 Å². The Hall–Kier alpha value is -1.71. The van der Waals surface area contributed by atoms with Crippen LogP contribution in [0.4, 0.5) is 4.39 Å². The average Bonchev–Trinajstić information content (AvgIpc) is 2.20. The number of aryl methyl sites for hydroxylation is 1. The predicted octanol–water partition coefficient (Wildman–Crippen LogP) is 2.82. The van der Waals surface area contributed by atoms with Gasteiger partial charge in [-0.05, 0) is 30.5 Å². The standard InChI is InChI=1S/C13H15FO3/c1-8(6-13(16)17)5-12(15)11-7-10(14)4-3-9(11)2/h3-4,7-8H,5-6H2,1-2H3,(H,16,17)/t8-/m0/s1. The summed E-state index contributed by atoms with van der Waals surface area (Å²) in [5, 5.41) is 8.59. The lowest BCUT2D eigenvalue weighted by Gasteiger charge is -2.09. The molecule has 1 atom stereocenters. The molecule has 0 aliphatic carbocycles. The summed E-state index contributed by atoms with van der Waals surface area (Å²) in [5.74, 6) is -1.84. The van der Waals surface area contributed by atoms with Gasteiger partial charge in [0.1, 0.15) is 5.82 Å². The molecule has 92 valence electrons. The van der Waals surface area contributed by atoms with E-state index in [9.17, 15) is 14.0 Å². The summed E-state index contributed by atoms with van der Waals surface area (Å²) in [4.78, 5) is 22.3. The lowest BCUT2D eigenvalue weighted by molar-refractivity contribution is -0.137. The van der Waals surface area contributed by atoms with E-state index >= 15 is 0 Å². The molecule has 1 rings (SSSR count). The number of halogens is 1. The fraction of sp³-hybridized carbons (Fsp3) is 0.385. The number of carbonyl (C=O) groups is 2. The molecule has 4 heteroatoms. The average molecular weight is 238 g/mol. The number of rotatable bonds is 5. The Morgan fingerprint density at radius 1 is 1.35 bits per heavy atom. The first-order chi connectivity index (χ1) is 7.90. The number of carboxylic acids is 1. The number of carbonyl (C=O) groups excluding carboxylic acids is 1. The first-order valence-corrected chi connectivity index (χ1v) is 5.41. The van der Waals surface area contributed by atoms with Crippen molar-refractivity contribution >= 4 is 11.8 Å². The fourth-order valence-electron chi connectivity index (χ4n) is 1.69. The zero-order valence-electron chi connectivity index (χ0n) is 9.87. The van der Waals surface area contributed by atoms with Crippen molar-refractivity contribution in [1.29, 1.82) is 0 Å². The summed E-state index contributed by atoms with van der Waals surface area (Å²) in [6.45, 7) is 3.43. The van der Waals surface area contributed by atoms with Gasteiger partial charge in [0, 0.05) is 18.4 Å². The molecule has 0 unspecified atom stereocenters. The molecular weight excluding hydrogens is 223 g/mol. The predicted molar refractivity (Wildman–Crippen MR) is 61.5 cm³/mol. The Balaban J connectivity index is 2.76. The van der Waals surface area contributed by atoms with Gasteiger partial charge in [0.05, 0.1) is 0 Å². The van der Waals surface area contributed by atoms with Gasteiger partial charge in [-0.2, -0.15) is 0 Å². The lowest BCUT2D eigenvalue weighted by atomic mass is 9.95. The van der Waals surface area contributed by atoms with Gasteiger partial charge in [-0.1, -0.05) is 13.0 Å². The Labute approximate surface area is 99.3 Å². The summed E-state index contributed by atoms with van der Waals surface area (Å²) in [5.41, 5.74) is 1.04. The molecule has 0 aliphatic heterocycles. The lowest BCUT2D eigenvalue weighted by Crippen LogP contribution is -2.11. The molecule has 17 heavy (non-hydrogen) atoms. The number of aliphatic carboxylic acids is 1. The molecule has 0 heterocycles. The second-order valence-corrected chi connectivity index (χ2v) is 4.29. The van der Waals surface area contributed by atoms with E-state index in [1.54, 1.807) is 19.9 Å². The summed E-state index contributed by atoms with van der Waals surface area (Å²) in [6.07, 6.45) is 0.0662. The summed E-state index contributed by atoms with van der Waals surface area (Å²) in [7, 11) is 0. The third-order valence-corrected chi connectivity index (χ3v) is 2.56. The SMILES string of the molecule is Cc1ccc(F)cc1C(=O)C[C@H](C)CC(=O)O. The first-order valence-electron chi connectivity index (χ1n) is 5.41. The van der Waals surface area contributed by atoms with Crippen LogP contribution in [-0.2, 0) is 4.79 Å². The summed E-state index contributed by atoms with van der Waals surface area (Å²) >= 11 is 0. The van der Waals surface area contributed by atoms with Crippen LogP contribution in [0, 0.1) is 18.7 Å². The van der Waals surface area contributed by atoms with Crippen LogP contribution in [0.5, 0.6) is 0 Å². The van der Waals surface area contributed by atoms with Crippen LogP contribution in [0.15, 0.2) is 18.2 Å². The first kappa shape index (κ1) is 13.4. The van der Waals surface area contributed by atoms with Crippen molar-refractivity contribution in [2.75, 3.05) is 0 Å².